The number of nitriles is 1. The van der Waals surface area contributed by atoms with Gasteiger partial charge in [-0.3, -0.25) is 0 Å². The maximum Gasteiger partial charge on any atom is 0.350 e. The quantitative estimate of drug-likeness (QED) is 0.611. The average Bonchev–Trinajstić information content (AvgIpc) is 2.66. The molecular formula is C12H17N3O2S. The maximum absolute atomic E-state index is 11.6. The van der Waals surface area contributed by atoms with Gasteiger partial charge in [-0.05, 0) is 13.3 Å². The third-order valence-corrected chi connectivity index (χ3v) is 3.48. The lowest BCUT2D eigenvalue weighted by Crippen LogP contribution is -2.05. The van der Waals surface area contributed by atoms with Crippen LogP contribution in [0, 0.1) is 11.3 Å². The number of nitrogens with zero attached hydrogens (tertiary/aromatic N) is 1. The number of carbonyl (C=O) groups excluding carboxylic acids is 1. The van der Waals surface area contributed by atoms with Crippen molar-refractivity contribution in [2.24, 2.45) is 0 Å². The summed E-state index contributed by atoms with van der Waals surface area (Å²) in [7, 11) is 0. The second-order valence-electron chi connectivity index (χ2n) is 3.66. The first-order valence-electron chi connectivity index (χ1n) is 5.89. The highest BCUT2D eigenvalue weighted by atomic mass is 32.1. The van der Waals surface area contributed by atoms with Crippen molar-refractivity contribution in [3.8, 4) is 6.07 Å². The van der Waals surface area contributed by atoms with Crippen LogP contribution in [0.2, 0.25) is 0 Å². The van der Waals surface area contributed by atoms with E-state index in [0.717, 1.165) is 19.4 Å². The van der Waals surface area contributed by atoms with E-state index in [2.05, 4.69) is 12.2 Å². The second-order valence-corrected chi connectivity index (χ2v) is 4.68. The van der Waals surface area contributed by atoms with E-state index in [4.69, 9.17) is 15.7 Å². The number of anilines is 2. The molecule has 0 aliphatic rings. The fourth-order valence-corrected chi connectivity index (χ4v) is 2.40. The number of nitrogens with one attached hydrogen (secondary N) is 1. The van der Waals surface area contributed by atoms with Crippen LogP contribution in [0.5, 0.6) is 0 Å². The van der Waals surface area contributed by atoms with Gasteiger partial charge in [-0.2, -0.15) is 5.26 Å². The van der Waals surface area contributed by atoms with E-state index in [-0.39, 0.29) is 12.3 Å². The van der Waals surface area contributed by atoms with Crippen molar-refractivity contribution in [2.45, 2.75) is 26.7 Å². The number of carbonyl (C=O) groups is 1. The van der Waals surface area contributed by atoms with Crippen molar-refractivity contribution >= 4 is 28.0 Å². The molecule has 0 aliphatic carbocycles. The van der Waals surface area contributed by atoms with Crippen molar-refractivity contribution in [2.75, 3.05) is 24.2 Å². The molecule has 0 saturated carbocycles. The number of thiophene rings is 1. The molecule has 0 spiro atoms. The van der Waals surface area contributed by atoms with Crippen molar-refractivity contribution in [1.29, 1.82) is 5.26 Å². The number of hydrogen-bond donors (Lipinski definition) is 2. The molecule has 0 aliphatic heterocycles. The average molecular weight is 267 g/mol. The zero-order valence-electron chi connectivity index (χ0n) is 10.6. The standard InChI is InChI=1S/C12H17N3O2S/c1-3-5-6-15-11-8(7-13)9(14)10(18-11)12(16)17-4-2/h15H,3-6,14H2,1-2H3. The molecule has 5 nitrogen and oxygen atoms in total. The largest absolute Gasteiger partial charge is 0.462 e. The summed E-state index contributed by atoms with van der Waals surface area (Å²) in [6.45, 7) is 4.86. The monoisotopic (exact) mass is 267 g/mol. The van der Waals surface area contributed by atoms with Crippen molar-refractivity contribution < 1.29 is 9.53 Å². The lowest BCUT2D eigenvalue weighted by Gasteiger charge is -2.01. The zero-order chi connectivity index (χ0) is 13.5. The van der Waals surface area contributed by atoms with Crippen LogP contribution in [0.25, 0.3) is 0 Å². The smallest absolute Gasteiger partial charge is 0.350 e. The fourth-order valence-electron chi connectivity index (χ4n) is 1.41. The summed E-state index contributed by atoms with van der Waals surface area (Å²) in [5.74, 6) is -0.472. The Morgan fingerprint density at radius 2 is 2.28 bits per heavy atom. The Balaban J connectivity index is 2.95. The van der Waals surface area contributed by atoms with Gasteiger partial charge >= 0.3 is 5.97 Å². The molecule has 1 rings (SSSR count). The van der Waals surface area contributed by atoms with Crippen molar-refractivity contribution in [1.82, 2.24) is 0 Å². The van der Waals surface area contributed by atoms with E-state index in [1.807, 2.05) is 6.07 Å². The van der Waals surface area contributed by atoms with Crippen LogP contribution in [0.4, 0.5) is 10.7 Å². The summed E-state index contributed by atoms with van der Waals surface area (Å²) < 4.78 is 4.90. The second kappa shape index (κ2) is 6.87. The van der Waals surface area contributed by atoms with Crippen LogP contribution in [0.1, 0.15) is 41.9 Å². The summed E-state index contributed by atoms with van der Waals surface area (Å²) in [4.78, 5) is 11.9. The number of esters is 1. The van der Waals surface area contributed by atoms with Crippen LogP contribution in [0.15, 0.2) is 0 Å². The first-order valence-corrected chi connectivity index (χ1v) is 6.70. The van der Waals surface area contributed by atoms with E-state index >= 15 is 0 Å². The Morgan fingerprint density at radius 1 is 1.56 bits per heavy atom. The Labute approximate surface area is 111 Å². The third-order valence-electron chi connectivity index (χ3n) is 2.33. The number of nitrogens with two attached hydrogens (primary N) is 1. The van der Waals surface area contributed by atoms with Crippen LogP contribution in [-0.4, -0.2) is 19.1 Å². The first-order chi connectivity index (χ1) is 8.65. The highest BCUT2D eigenvalue weighted by molar-refractivity contribution is 7.18. The van der Waals surface area contributed by atoms with Gasteiger partial charge in [0.25, 0.3) is 0 Å². The van der Waals surface area contributed by atoms with E-state index < -0.39 is 5.97 Å². The Hall–Kier alpha value is -1.74. The van der Waals surface area contributed by atoms with Gasteiger partial charge in [-0.1, -0.05) is 13.3 Å². The summed E-state index contributed by atoms with van der Waals surface area (Å²) in [6, 6.07) is 2.02. The van der Waals surface area contributed by atoms with Gasteiger partial charge < -0.3 is 15.8 Å². The maximum atomic E-state index is 11.6. The molecule has 0 saturated heterocycles. The van der Waals surface area contributed by atoms with Crippen LogP contribution < -0.4 is 11.1 Å². The minimum atomic E-state index is -0.472. The Bertz CT molecular complexity index is 463. The van der Waals surface area contributed by atoms with E-state index in [0.29, 0.717) is 15.4 Å². The molecule has 6 heteroatoms. The summed E-state index contributed by atoms with van der Waals surface area (Å²) >= 11 is 1.18. The molecule has 3 N–H and O–H groups in total. The molecule has 18 heavy (non-hydrogen) atoms. The van der Waals surface area contributed by atoms with Gasteiger partial charge in [0.2, 0.25) is 0 Å². The SMILES string of the molecule is CCCCNc1sc(C(=O)OCC)c(N)c1C#N. The molecule has 1 aromatic rings. The van der Waals surface area contributed by atoms with E-state index in [1.165, 1.54) is 11.3 Å². The summed E-state index contributed by atoms with van der Waals surface area (Å²) in [6.07, 6.45) is 2.05. The highest BCUT2D eigenvalue weighted by Crippen LogP contribution is 2.35. The van der Waals surface area contributed by atoms with Gasteiger partial charge in [-0.15, -0.1) is 11.3 Å². The number of unbranched alkanes of at least 4 members (excludes halogenated alkanes) is 1. The number of rotatable bonds is 6. The molecule has 0 amide bonds. The van der Waals surface area contributed by atoms with Crippen LogP contribution in [0.3, 0.4) is 0 Å². The van der Waals surface area contributed by atoms with Gasteiger partial charge in [0.1, 0.15) is 21.5 Å². The van der Waals surface area contributed by atoms with E-state index in [1.54, 1.807) is 6.92 Å². The number of ether oxygens (including phenoxy) is 1. The first kappa shape index (κ1) is 14.3. The molecule has 0 fully saturated rings. The number of hydrogen-bond acceptors (Lipinski definition) is 6. The minimum absolute atomic E-state index is 0.208. The normalized spacial score (nSPS) is 9.83. The molecule has 0 bridgehead atoms. The van der Waals surface area contributed by atoms with Gasteiger partial charge in [0, 0.05) is 6.54 Å². The zero-order valence-corrected chi connectivity index (χ0v) is 11.4. The predicted octanol–water partition coefficient (Wildman–Crippen LogP) is 2.59. The summed E-state index contributed by atoms with van der Waals surface area (Å²) in [5, 5.41) is 12.8. The lowest BCUT2D eigenvalue weighted by atomic mass is 10.2. The predicted molar refractivity (Wildman–Crippen MR) is 72.8 cm³/mol. The van der Waals surface area contributed by atoms with Crippen LogP contribution >= 0.6 is 11.3 Å². The molecule has 0 aromatic carbocycles. The third kappa shape index (κ3) is 3.14. The molecule has 1 heterocycles. The van der Waals surface area contributed by atoms with Gasteiger partial charge in [0.05, 0.1) is 12.3 Å². The number of nitrogen functional groups attached to an aromatic ring is 1. The highest BCUT2D eigenvalue weighted by Gasteiger charge is 2.21. The molecule has 0 atom stereocenters. The molecule has 98 valence electrons. The fraction of sp³-hybridized carbons (Fsp3) is 0.500. The summed E-state index contributed by atoms with van der Waals surface area (Å²) in [5.41, 5.74) is 6.34. The van der Waals surface area contributed by atoms with Gasteiger partial charge in [-0.25, -0.2) is 4.79 Å². The lowest BCUT2D eigenvalue weighted by molar-refractivity contribution is 0.0533. The van der Waals surface area contributed by atoms with Crippen LogP contribution in [-0.2, 0) is 4.74 Å². The minimum Gasteiger partial charge on any atom is -0.462 e. The molecule has 0 radical (unpaired) electrons. The Morgan fingerprint density at radius 3 is 2.83 bits per heavy atom. The molecule has 0 unspecified atom stereocenters. The molecular weight excluding hydrogens is 250 g/mol. The molecule has 1 aromatic heterocycles. The van der Waals surface area contributed by atoms with E-state index in [9.17, 15) is 4.79 Å². The topological polar surface area (TPSA) is 88.1 Å². The van der Waals surface area contributed by atoms with Gasteiger partial charge in [0.15, 0.2) is 0 Å². The Kier molecular flexibility index (Phi) is 5.46. The van der Waals surface area contributed by atoms with Crippen molar-refractivity contribution in [3.05, 3.63) is 10.4 Å². The van der Waals surface area contributed by atoms with Crippen molar-refractivity contribution in [3.63, 3.8) is 0 Å².